The van der Waals surface area contributed by atoms with Crippen molar-refractivity contribution in [1.29, 1.82) is 0 Å². The zero-order valence-electron chi connectivity index (χ0n) is 10.6. The summed E-state index contributed by atoms with van der Waals surface area (Å²) < 4.78 is 0. The second kappa shape index (κ2) is 9.16. The van der Waals surface area contributed by atoms with Crippen molar-refractivity contribution in [1.82, 2.24) is 4.90 Å². The van der Waals surface area contributed by atoms with Crippen LogP contribution in [0.5, 0.6) is 0 Å². The molecule has 0 atom stereocenters. The van der Waals surface area contributed by atoms with Crippen molar-refractivity contribution in [3.63, 3.8) is 0 Å². The molecule has 0 saturated heterocycles. The van der Waals surface area contributed by atoms with Crippen molar-refractivity contribution >= 4 is 5.97 Å². The average Bonchev–Trinajstić information content (AvgIpc) is 2.28. The molecule has 3 heteroatoms. The van der Waals surface area contributed by atoms with E-state index in [9.17, 15) is 4.79 Å². The molecule has 0 amide bonds. The molecule has 0 rings (SSSR count). The first kappa shape index (κ1) is 14.9. The highest BCUT2D eigenvalue weighted by atomic mass is 16.4. The molecule has 0 aromatic carbocycles. The summed E-state index contributed by atoms with van der Waals surface area (Å²) in [7, 11) is 0. The number of carboxylic acid groups (broad SMARTS) is 1. The molecule has 0 aromatic heterocycles. The highest BCUT2D eigenvalue weighted by Gasteiger charge is 2.06. The summed E-state index contributed by atoms with van der Waals surface area (Å²) in [5.74, 6) is -0.808. The Hall–Kier alpha value is -1.09. The van der Waals surface area contributed by atoms with Gasteiger partial charge in [-0.25, -0.2) is 4.79 Å². The van der Waals surface area contributed by atoms with E-state index in [1.54, 1.807) is 12.2 Å². The molecule has 0 aliphatic carbocycles. The number of hydrogen-bond acceptors (Lipinski definition) is 2. The van der Waals surface area contributed by atoms with Crippen LogP contribution in [-0.2, 0) is 4.79 Å². The van der Waals surface area contributed by atoms with Crippen LogP contribution in [0.15, 0.2) is 23.8 Å². The summed E-state index contributed by atoms with van der Waals surface area (Å²) in [6.07, 6.45) is 6.84. The molecule has 16 heavy (non-hydrogen) atoms. The highest BCUT2D eigenvalue weighted by Crippen LogP contribution is 2.07. The van der Waals surface area contributed by atoms with Gasteiger partial charge in [0.1, 0.15) is 0 Å². The van der Waals surface area contributed by atoms with E-state index >= 15 is 0 Å². The van der Waals surface area contributed by atoms with Crippen LogP contribution in [0.25, 0.3) is 0 Å². The molecule has 0 aromatic rings. The maximum Gasteiger partial charge on any atom is 0.331 e. The van der Waals surface area contributed by atoms with E-state index in [2.05, 4.69) is 18.7 Å². The molecule has 0 saturated carbocycles. The summed E-state index contributed by atoms with van der Waals surface area (Å²) in [6, 6.07) is 0. The lowest BCUT2D eigenvalue weighted by Crippen LogP contribution is -2.24. The quantitative estimate of drug-likeness (QED) is 0.510. The van der Waals surface area contributed by atoms with Crippen LogP contribution in [0.1, 0.15) is 33.6 Å². The van der Waals surface area contributed by atoms with Gasteiger partial charge in [-0.2, -0.15) is 0 Å². The third-order valence-corrected chi connectivity index (χ3v) is 2.58. The molecule has 0 fully saturated rings. The van der Waals surface area contributed by atoms with Crippen LogP contribution in [0.2, 0.25) is 0 Å². The second-order valence-corrected chi connectivity index (χ2v) is 3.65. The SMILES string of the molecule is CC=CC=C(CCCN(CC)CC)C(=O)O. The van der Waals surface area contributed by atoms with Gasteiger partial charge in [-0.15, -0.1) is 0 Å². The summed E-state index contributed by atoms with van der Waals surface area (Å²) in [6.45, 7) is 9.14. The van der Waals surface area contributed by atoms with E-state index in [0.717, 1.165) is 26.1 Å². The van der Waals surface area contributed by atoms with Crippen LogP contribution in [-0.4, -0.2) is 35.6 Å². The minimum absolute atomic E-state index is 0.491. The van der Waals surface area contributed by atoms with Crippen molar-refractivity contribution in [2.24, 2.45) is 0 Å². The zero-order valence-corrected chi connectivity index (χ0v) is 10.6. The van der Waals surface area contributed by atoms with Crippen LogP contribution in [0, 0.1) is 0 Å². The largest absolute Gasteiger partial charge is 0.478 e. The Morgan fingerprint density at radius 2 is 1.94 bits per heavy atom. The number of rotatable bonds is 8. The zero-order chi connectivity index (χ0) is 12.4. The fourth-order valence-corrected chi connectivity index (χ4v) is 1.51. The number of allylic oxidation sites excluding steroid dienone is 3. The Bertz CT molecular complexity index is 253. The molecule has 0 aliphatic rings. The number of aliphatic carboxylic acids is 1. The summed E-state index contributed by atoms with van der Waals surface area (Å²) in [4.78, 5) is 13.2. The maximum absolute atomic E-state index is 10.9. The van der Waals surface area contributed by atoms with Crippen molar-refractivity contribution in [2.45, 2.75) is 33.6 Å². The predicted molar refractivity (Wildman–Crippen MR) is 67.6 cm³/mol. The average molecular weight is 225 g/mol. The van der Waals surface area contributed by atoms with Gasteiger partial charge in [0, 0.05) is 5.57 Å². The molecule has 92 valence electrons. The van der Waals surface area contributed by atoms with Crippen molar-refractivity contribution in [3.8, 4) is 0 Å². The summed E-state index contributed by atoms with van der Waals surface area (Å²) in [5, 5.41) is 8.96. The van der Waals surface area contributed by atoms with Gasteiger partial charge >= 0.3 is 5.97 Å². The van der Waals surface area contributed by atoms with Crippen molar-refractivity contribution in [3.05, 3.63) is 23.8 Å². The van der Waals surface area contributed by atoms with E-state index in [1.807, 2.05) is 13.0 Å². The Balaban J connectivity index is 4.08. The molecule has 0 radical (unpaired) electrons. The number of carboxylic acids is 1. The molecule has 0 bridgehead atoms. The van der Waals surface area contributed by atoms with Gasteiger partial charge < -0.3 is 10.0 Å². The minimum atomic E-state index is -0.808. The molecule has 1 N–H and O–H groups in total. The normalized spacial score (nSPS) is 12.6. The van der Waals surface area contributed by atoms with E-state index < -0.39 is 5.97 Å². The van der Waals surface area contributed by atoms with Crippen LogP contribution < -0.4 is 0 Å². The van der Waals surface area contributed by atoms with E-state index in [1.165, 1.54) is 0 Å². The van der Waals surface area contributed by atoms with E-state index in [0.29, 0.717) is 12.0 Å². The first-order valence-electron chi connectivity index (χ1n) is 5.93. The standard InChI is InChI=1S/C13H23NO2/c1-4-7-9-12(13(15)16)10-8-11-14(5-2)6-3/h4,7,9H,5-6,8,10-11H2,1-3H3,(H,15,16). The first-order chi connectivity index (χ1) is 7.65. The van der Waals surface area contributed by atoms with Gasteiger partial charge in [-0.05, 0) is 39.4 Å². The lowest BCUT2D eigenvalue weighted by Gasteiger charge is -2.17. The maximum atomic E-state index is 10.9. The van der Waals surface area contributed by atoms with Crippen molar-refractivity contribution in [2.75, 3.05) is 19.6 Å². The number of hydrogen-bond donors (Lipinski definition) is 1. The fourth-order valence-electron chi connectivity index (χ4n) is 1.51. The first-order valence-corrected chi connectivity index (χ1v) is 5.93. The minimum Gasteiger partial charge on any atom is -0.478 e. The Labute approximate surface area is 98.5 Å². The lowest BCUT2D eigenvalue weighted by atomic mass is 10.1. The van der Waals surface area contributed by atoms with E-state index in [4.69, 9.17) is 5.11 Å². The molecule has 0 heterocycles. The summed E-state index contributed by atoms with van der Waals surface area (Å²) in [5.41, 5.74) is 0.491. The predicted octanol–water partition coefficient (Wildman–Crippen LogP) is 2.70. The topological polar surface area (TPSA) is 40.5 Å². The molecule has 0 spiro atoms. The Morgan fingerprint density at radius 1 is 1.31 bits per heavy atom. The van der Waals surface area contributed by atoms with Gasteiger partial charge in [0.2, 0.25) is 0 Å². The second-order valence-electron chi connectivity index (χ2n) is 3.65. The molecule has 3 nitrogen and oxygen atoms in total. The smallest absolute Gasteiger partial charge is 0.331 e. The third-order valence-electron chi connectivity index (χ3n) is 2.58. The molecule has 0 unspecified atom stereocenters. The summed E-state index contributed by atoms with van der Waals surface area (Å²) >= 11 is 0. The fraction of sp³-hybridized carbons (Fsp3) is 0.615. The lowest BCUT2D eigenvalue weighted by molar-refractivity contribution is -0.132. The number of nitrogens with zero attached hydrogens (tertiary/aromatic N) is 1. The number of carbonyl (C=O) groups is 1. The van der Waals surface area contributed by atoms with Crippen LogP contribution in [0.3, 0.4) is 0 Å². The monoisotopic (exact) mass is 225 g/mol. The molecular weight excluding hydrogens is 202 g/mol. The van der Waals surface area contributed by atoms with Gasteiger partial charge in [0.25, 0.3) is 0 Å². The molecule has 0 aliphatic heterocycles. The van der Waals surface area contributed by atoms with Gasteiger partial charge in [0.15, 0.2) is 0 Å². The molecular formula is C13H23NO2. The van der Waals surface area contributed by atoms with Gasteiger partial charge in [0.05, 0.1) is 0 Å². The van der Waals surface area contributed by atoms with Crippen LogP contribution >= 0.6 is 0 Å². The van der Waals surface area contributed by atoms with Gasteiger partial charge in [-0.1, -0.05) is 32.1 Å². The Morgan fingerprint density at radius 3 is 2.38 bits per heavy atom. The van der Waals surface area contributed by atoms with Crippen molar-refractivity contribution < 1.29 is 9.90 Å². The Kier molecular flexibility index (Phi) is 8.53. The van der Waals surface area contributed by atoms with E-state index in [-0.39, 0.29) is 0 Å². The third kappa shape index (κ3) is 6.40. The highest BCUT2D eigenvalue weighted by molar-refractivity contribution is 5.86. The van der Waals surface area contributed by atoms with Gasteiger partial charge in [-0.3, -0.25) is 0 Å². The van der Waals surface area contributed by atoms with Crippen LogP contribution in [0.4, 0.5) is 0 Å².